The summed E-state index contributed by atoms with van der Waals surface area (Å²) in [5.74, 6) is 7.61. The van der Waals surface area contributed by atoms with Crippen molar-refractivity contribution in [3.63, 3.8) is 0 Å². The van der Waals surface area contributed by atoms with E-state index in [1.807, 2.05) is 12.1 Å². The van der Waals surface area contributed by atoms with Crippen molar-refractivity contribution in [1.29, 1.82) is 0 Å². The Balaban J connectivity index is 2.16. The molecule has 0 saturated heterocycles. The Morgan fingerprint density at radius 1 is 0.926 bits per heavy atom. The molecule has 0 fully saturated rings. The van der Waals surface area contributed by atoms with Crippen LogP contribution in [0.2, 0.25) is 0 Å². The van der Waals surface area contributed by atoms with Crippen LogP contribution in [0.25, 0.3) is 11.3 Å². The number of benzene rings is 1. The van der Waals surface area contributed by atoms with Crippen LogP contribution in [0.1, 0.15) is 11.3 Å². The zero-order valence-corrected chi connectivity index (χ0v) is 15.1. The van der Waals surface area contributed by atoms with Crippen LogP contribution in [0, 0.1) is 11.8 Å². The number of hydrogen-bond acceptors (Lipinski definition) is 6. The Morgan fingerprint density at radius 3 is 2.26 bits per heavy atom. The fourth-order valence-electron chi connectivity index (χ4n) is 2.51. The first-order chi connectivity index (χ1) is 13.2. The van der Waals surface area contributed by atoms with Gasteiger partial charge >= 0.3 is 5.63 Å². The van der Waals surface area contributed by atoms with E-state index in [-0.39, 0.29) is 0 Å². The third-order valence-corrected chi connectivity index (χ3v) is 3.75. The number of nitrogens with zero attached hydrogens (tertiary/aromatic N) is 1. The molecule has 0 N–H and O–H groups in total. The summed E-state index contributed by atoms with van der Waals surface area (Å²) in [4.78, 5) is 16.0. The van der Waals surface area contributed by atoms with E-state index in [1.165, 1.54) is 27.4 Å². The fourth-order valence-corrected chi connectivity index (χ4v) is 2.51. The maximum atomic E-state index is 11.8. The average Bonchev–Trinajstić information content (AvgIpc) is 2.72. The van der Waals surface area contributed by atoms with Crippen LogP contribution in [-0.2, 0) is 0 Å². The predicted octanol–water partition coefficient (Wildman–Crippen LogP) is 3.13. The molecule has 3 aromatic rings. The Bertz CT molecular complexity index is 1040. The molecule has 27 heavy (non-hydrogen) atoms. The first-order valence-electron chi connectivity index (χ1n) is 8.04. The molecule has 136 valence electrons. The Morgan fingerprint density at radius 2 is 1.67 bits per heavy atom. The summed E-state index contributed by atoms with van der Waals surface area (Å²) >= 11 is 0. The SMILES string of the molecule is COc1cc(-c2oc(=O)ccc2C#Cc2ccccn2)cc(OC)c1OC. The van der Waals surface area contributed by atoms with E-state index in [2.05, 4.69) is 16.8 Å². The third kappa shape index (κ3) is 3.93. The lowest BCUT2D eigenvalue weighted by molar-refractivity contribution is 0.324. The normalized spacial score (nSPS) is 9.89. The van der Waals surface area contributed by atoms with Crippen molar-refractivity contribution < 1.29 is 18.6 Å². The quantitative estimate of drug-likeness (QED) is 0.663. The van der Waals surface area contributed by atoms with Gasteiger partial charge in [-0.15, -0.1) is 0 Å². The van der Waals surface area contributed by atoms with Crippen LogP contribution in [0.4, 0.5) is 0 Å². The molecule has 6 heteroatoms. The molecule has 2 aromatic heterocycles. The lowest BCUT2D eigenvalue weighted by Crippen LogP contribution is -2.00. The van der Waals surface area contributed by atoms with Crippen molar-refractivity contribution in [1.82, 2.24) is 4.98 Å². The highest BCUT2D eigenvalue weighted by molar-refractivity contribution is 5.72. The molecule has 6 nitrogen and oxygen atoms in total. The third-order valence-electron chi connectivity index (χ3n) is 3.75. The van der Waals surface area contributed by atoms with Gasteiger partial charge in [0.1, 0.15) is 5.69 Å². The molecule has 1 aromatic carbocycles. The molecule has 2 heterocycles. The molecular weight excluding hydrogens is 346 g/mol. The van der Waals surface area contributed by atoms with E-state index < -0.39 is 5.63 Å². The van der Waals surface area contributed by atoms with Gasteiger partial charge in [0.2, 0.25) is 5.75 Å². The molecule has 0 unspecified atom stereocenters. The van der Waals surface area contributed by atoms with Crippen LogP contribution in [0.3, 0.4) is 0 Å². The van der Waals surface area contributed by atoms with Gasteiger partial charge in [-0.3, -0.25) is 0 Å². The van der Waals surface area contributed by atoms with Gasteiger partial charge in [0.25, 0.3) is 0 Å². The summed E-state index contributed by atoms with van der Waals surface area (Å²) in [6.07, 6.45) is 1.66. The van der Waals surface area contributed by atoms with E-state index in [0.29, 0.717) is 39.8 Å². The van der Waals surface area contributed by atoms with Crippen LogP contribution >= 0.6 is 0 Å². The van der Waals surface area contributed by atoms with Crippen LogP contribution in [0.5, 0.6) is 17.2 Å². The van der Waals surface area contributed by atoms with Gasteiger partial charge < -0.3 is 18.6 Å². The first kappa shape index (κ1) is 18.1. The Kier molecular flexibility index (Phi) is 5.43. The van der Waals surface area contributed by atoms with Gasteiger partial charge in [-0.1, -0.05) is 12.0 Å². The average molecular weight is 363 g/mol. The summed E-state index contributed by atoms with van der Waals surface area (Å²) in [5.41, 5.74) is 1.24. The monoisotopic (exact) mass is 363 g/mol. The molecule has 0 aliphatic rings. The molecule has 0 aliphatic heterocycles. The molecule has 0 aliphatic carbocycles. The standard InChI is InChI=1S/C21H17NO5/c1-24-17-12-15(13-18(25-2)21(17)26-3)20-14(8-10-19(23)27-20)7-9-16-6-4-5-11-22-16/h4-6,8,10-13H,1-3H3. The maximum Gasteiger partial charge on any atom is 0.336 e. The van der Waals surface area contributed by atoms with Gasteiger partial charge in [0.05, 0.1) is 26.9 Å². The summed E-state index contributed by atoms with van der Waals surface area (Å²) in [5, 5.41) is 0. The summed E-state index contributed by atoms with van der Waals surface area (Å²) < 4.78 is 21.5. The van der Waals surface area contributed by atoms with E-state index >= 15 is 0 Å². The molecule has 0 bridgehead atoms. The van der Waals surface area contributed by atoms with Crippen LogP contribution in [0.15, 0.2) is 57.9 Å². The number of pyridine rings is 1. The highest BCUT2D eigenvalue weighted by Crippen LogP contribution is 2.41. The van der Waals surface area contributed by atoms with Gasteiger partial charge in [-0.25, -0.2) is 9.78 Å². The van der Waals surface area contributed by atoms with Crippen LogP contribution < -0.4 is 19.8 Å². The Labute approximate surface area is 156 Å². The second-order valence-corrected chi connectivity index (χ2v) is 5.38. The second-order valence-electron chi connectivity index (χ2n) is 5.38. The van der Waals surface area contributed by atoms with Gasteiger partial charge in [0.15, 0.2) is 17.3 Å². The number of rotatable bonds is 4. The van der Waals surface area contributed by atoms with E-state index in [4.69, 9.17) is 18.6 Å². The minimum absolute atomic E-state index is 0.310. The number of methoxy groups -OCH3 is 3. The van der Waals surface area contributed by atoms with Crippen molar-refractivity contribution in [3.8, 4) is 40.4 Å². The first-order valence-corrected chi connectivity index (χ1v) is 8.04. The fraction of sp³-hybridized carbons (Fsp3) is 0.143. The molecule has 0 amide bonds. The molecule has 0 spiro atoms. The van der Waals surface area contributed by atoms with E-state index in [9.17, 15) is 4.79 Å². The summed E-state index contributed by atoms with van der Waals surface area (Å²) in [6, 6.07) is 11.8. The summed E-state index contributed by atoms with van der Waals surface area (Å²) in [7, 11) is 4.56. The van der Waals surface area contributed by atoms with Crippen molar-refractivity contribution in [2.75, 3.05) is 21.3 Å². The van der Waals surface area contributed by atoms with E-state index in [0.717, 1.165) is 0 Å². The molecule has 0 atom stereocenters. The zero-order valence-electron chi connectivity index (χ0n) is 15.1. The highest BCUT2D eigenvalue weighted by Gasteiger charge is 2.17. The largest absolute Gasteiger partial charge is 0.493 e. The topological polar surface area (TPSA) is 70.8 Å². The zero-order chi connectivity index (χ0) is 19.2. The minimum Gasteiger partial charge on any atom is -0.493 e. The van der Waals surface area contributed by atoms with Gasteiger partial charge in [-0.05, 0) is 36.3 Å². The molecular formula is C21H17NO5. The molecule has 3 rings (SSSR count). The second kappa shape index (κ2) is 8.11. The van der Waals surface area contributed by atoms with Crippen molar-refractivity contribution in [2.24, 2.45) is 0 Å². The maximum absolute atomic E-state index is 11.8. The van der Waals surface area contributed by atoms with Crippen molar-refractivity contribution >= 4 is 0 Å². The van der Waals surface area contributed by atoms with Gasteiger partial charge in [0, 0.05) is 17.8 Å². The predicted molar refractivity (Wildman–Crippen MR) is 100 cm³/mol. The lowest BCUT2D eigenvalue weighted by Gasteiger charge is -2.14. The lowest BCUT2D eigenvalue weighted by atomic mass is 10.1. The summed E-state index contributed by atoms with van der Waals surface area (Å²) in [6.45, 7) is 0. The van der Waals surface area contributed by atoms with Gasteiger partial charge in [-0.2, -0.15) is 0 Å². The van der Waals surface area contributed by atoms with E-state index in [1.54, 1.807) is 30.5 Å². The minimum atomic E-state index is -0.484. The number of ether oxygens (including phenoxy) is 3. The number of hydrogen-bond donors (Lipinski definition) is 0. The molecule has 0 saturated carbocycles. The smallest absolute Gasteiger partial charge is 0.336 e. The number of aromatic nitrogens is 1. The molecule has 0 radical (unpaired) electrons. The van der Waals surface area contributed by atoms with Crippen molar-refractivity contribution in [2.45, 2.75) is 0 Å². The highest BCUT2D eigenvalue weighted by atomic mass is 16.5. The van der Waals surface area contributed by atoms with Crippen LogP contribution in [-0.4, -0.2) is 26.3 Å². The Hall–Kier alpha value is -3.72. The van der Waals surface area contributed by atoms with Crippen molar-refractivity contribution in [3.05, 3.63) is 70.3 Å².